The van der Waals surface area contributed by atoms with Crippen molar-refractivity contribution in [2.75, 3.05) is 39.2 Å². The maximum absolute atomic E-state index is 5.55. The molecular formula is C12H19N3O. The lowest BCUT2D eigenvalue weighted by Crippen LogP contribution is -2.61. The number of anilines is 1. The van der Waals surface area contributed by atoms with Gasteiger partial charge in [-0.3, -0.25) is 0 Å². The Morgan fingerprint density at radius 1 is 1.44 bits per heavy atom. The van der Waals surface area contributed by atoms with Crippen molar-refractivity contribution in [3.63, 3.8) is 0 Å². The van der Waals surface area contributed by atoms with Crippen molar-refractivity contribution >= 4 is 5.82 Å². The summed E-state index contributed by atoms with van der Waals surface area (Å²) in [6.45, 7) is 1.86. The highest BCUT2D eigenvalue weighted by molar-refractivity contribution is 5.37. The summed E-state index contributed by atoms with van der Waals surface area (Å²) in [5, 5.41) is 3.25. The van der Waals surface area contributed by atoms with Crippen molar-refractivity contribution in [3.8, 4) is 0 Å². The molecule has 1 aromatic heterocycles. The van der Waals surface area contributed by atoms with Gasteiger partial charge in [0, 0.05) is 46.9 Å². The predicted octanol–water partition coefficient (Wildman–Crippen LogP) is 0.679. The lowest BCUT2D eigenvalue weighted by Gasteiger charge is -2.41. The molecule has 0 bridgehead atoms. The van der Waals surface area contributed by atoms with E-state index in [1.807, 2.05) is 31.3 Å². The van der Waals surface area contributed by atoms with Gasteiger partial charge < -0.3 is 15.0 Å². The van der Waals surface area contributed by atoms with Crippen molar-refractivity contribution in [1.29, 1.82) is 0 Å². The van der Waals surface area contributed by atoms with Crippen molar-refractivity contribution < 1.29 is 4.74 Å². The summed E-state index contributed by atoms with van der Waals surface area (Å²) in [6.07, 6.45) is 2.87. The van der Waals surface area contributed by atoms with E-state index in [-0.39, 0.29) is 5.60 Å². The number of nitrogens with one attached hydrogen (secondary N) is 1. The van der Waals surface area contributed by atoms with Crippen LogP contribution in [0.4, 0.5) is 5.82 Å². The van der Waals surface area contributed by atoms with Gasteiger partial charge in [0.1, 0.15) is 5.82 Å². The lowest BCUT2D eigenvalue weighted by atomic mass is 9.89. The molecular weight excluding hydrogens is 202 g/mol. The molecule has 1 N–H and O–H groups in total. The molecule has 2 rings (SSSR count). The van der Waals surface area contributed by atoms with Gasteiger partial charge in [0.25, 0.3) is 0 Å². The van der Waals surface area contributed by atoms with Crippen LogP contribution >= 0.6 is 0 Å². The van der Waals surface area contributed by atoms with Gasteiger partial charge >= 0.3 is 0 Å². The van der Waals surface area contributed by atoms with E-state index in [1.54, 1.807) is 7.11 Å². The zero-order valence-corrected chi connectivity index (χ0v) is 10.2. The van der Waals surface area contributed by atoms with Crippen molar-refractivity contribution in [2.24, 2.45) is 0 Å². The molecule has 1 aromatic rings. The molecule has 0 amide bonds. The molecule has 0 unspecified atom stereocenters. The van der Waals surface area contributed by atoms with Crippen LogP contribution < -0.4 is 10.2 Å². The van der Waals surface area contributed by atoms with E-state index in [4.69, 9.17) is 4.74 Å². The molecule has 1 fully saturated rings. The maximum atomic E-state index is 5.55. The second kappa shape index (κ2) is 4.39. The van der Waals surface area contributed by atoms with Crippen LogP contribution in [0, 0.1) is 0 Å². The largest absolute Gasteiger partial charge is 0.375 e. The number of rotatable bonds is 4. The van der Waals surface area contributed by atoms with Gasteiger partial charge in [0.05, 0.1) is 5.60 Å². The van der Waals surface area contributed by atoms with Crippen molar-refractivity contribution in [3.05, 3.63) is 23.9 Å². The van der Waals surface area contributed by atoms with Crippen molar-refractivity contribution in [1.82, 2.24) is 10.3 Å². The van der Waals surface area contributed by atoms with Gasteiger partial charge in [0.2, 0.25) is 0 Å². The van der Waals surface area contributed by atoms with Crippen LogP contribution in [0.1, 0.15) is 5.56 Å². The van der Waals surface area contributed by atoms with Crippen LogP contribution in [0.2, 0.25) is 0 Å². The third-order valence-electron chi connectivity index (χ3n) is 3.12. The molecule has 88 valence electrons. The third kappa shape index (κ3) is 2.18. The minimum Gasteiger partial charge on any atom is -0.375 e. The molecule has 0 atom stereocenters. The molecule has 4 heteroatoms. The highest BCUT2D eigenvalue weighted by Crippen LogP contribution is 2.22. The molecule has 0 radical (unpaired) electrons. The zero-order valence-electron chi connectivity index (χ0n) is 10.2. The molecule has 0 aliphatic carbocycles. The average Bonchev–Trinajstić information content (AvgIpc) is 2.24. The molecule has 1 aliphatic heterocycles. The lowest BCUT2D eigenvalue weighted by molar-refractivity contribution is -0.0502. The number of pyridine rings is 1. The summed E-state index contributed by atoms with van der Waals surface area (Å²) in [4.78, 5) is 6.41. The molecule has 0 aromatic carbocycles. The molecule has 1 aliphatic rings. The summed E-state index contributed by atoms with van der Waals surface area (Å²) in [5.41, 5.74) is 1.22. The van der Waals surface area contributed by atoms with Crippen LogP contribution in [-0.4, -0.2) is 44.9 Å². The fourth-order valence-corrected chi connectivity index (χ4v) is 1.90. The fraction of sp³-hybridized carbons (Fsp3) is 0.583. The Labute approximate surface area is 96.6 Å². The Balaban J connectivity index is 2.05. The molecule has 4 nitrogen and oxygen atoms in total. The Hall–Kier alpha value is -1.13. The van der Waals surface area contributed by atoms with Crippen molar-refractivity contribution in [2.45, 2.75) is 12.0 Å². The summed E-state index contributed by atoms with van der Waals surface area (Å²) in [5.74, 6) is 0.988. The minimum absolute atomic E-state index is 0.0126. The molecule has 2 heterocycles. The quantitative estimate of drug-likeness (QED) is 0.811. The first kappa shape index (κ1) is 11.4. The predicted molar refractivity (Wildman–Crippen MR) is 64.9 cm³/mol. The SMILES string of the molecule is COC1(Cc2ccc(N(C)C)nc2)CNC1. The summed E-state index contributed by atoms with van der Waals surface area (Å²) in [7, 11) is 5.77. The third-order valence-corrected chi connectivity index (χ3v) is 3.12. The molecule has 1 saturated heterocycles. The average molecular weight is 221 g/mol. The van der Waals surface area contributed by atoms with Gasteiger partial charge in [-0.1, -0.05) is 6.07 Å². The second-order valence-corrected chi connectivity index (χ2v) is 4.59. The Morgan fingerprint density at radius 3 is 2.56 bits per heavy atom. The minimum atomic E-state index is -0.0126. The topological polar surface area (TPSA) is 37.4 Å². The number of ether oxygens (including phenoxy) is 1. The fourth-order valence-electron chi connectivity index (χ4n) is 1.90. The highest BCUT2D eigenvalue weighted by Gasteiger charge is 2.36. The number of hydrogen-bond donors (Lipinski definition) is 1. The maximum Gasteiger partial charge on any atom is 0.127 e. The Bertz CT molecular complexity index is 338. The van der Waals surface area contributed by atoms with Gasteiger partial charge in [-0.15, -0.1) is 0 Å². The highest BCUT2D eigenvalue weighted by atomic mass is 16.5. The molecule has 0 saturated carbocycles. The number of aromatic nitrogens is 1. The van der Waals surface area contributed by atoms with Gasteiger partial charge in [-0.2, -0.15) is 0 Å². The van der Waals surface area contributed by atoms with E-state index < -0.39 is 0 Å². The van der Waals surface area contributed by atoms with Crippen LogP contribution in [0.15, 0.2) is 18.3 Å². The van der Waals surface area contributed by atoms with E-state index in [1.165, 1.54) is 5.56 Å². The summed E-state index contributed by atoms with van der Waals surface area (Å²) >= 11 is 0. The summed E-state index contributed by atoms with van der Waals surface area (Å²) < 4.78 is 5.55. The van der Waals surface area contributed by atoms with Crippen LogP contribution in [0.5, 0.6) is 0 Å². The van der Waals surface area contributed by atoms with E-state index in [2.05, 4.69) is 16.4 Å². The second-order valence-electron chi connectivity index (χ2n) is 4.59. The first-order chi connectivity index (χ1) is 7.65. The molecule has 0 spiro atoms. The van der Waals surface area contributed by atoms with E-state index in [0.717, 1.165) is 25.3 Å². The van der Waals surface area contributed by atoms with E-state index in [9.17, 15) is 0 Å². The van der Waals surface area contributed by atoms with Crippen LogP contribution in [0.25, 0.3) is 0 Å². The van der Waals surface area contributed by atoms with Gasteiger partial charge in [-0.25, -0.2) is 4.98 Å². The number of methoxy groups -OCH3 is 1. The van der Waals surface area contributed by atoms with Gasteiger partial charge in [-0.05, 0) is 11.6 Å². The monoisotopic (exact) mass is 221 g/mol. The summed E-state index contributed by atoms with van der Waals surface area (Å²) in [6, 6.07) is 4.17. The first-order valence-electron chi connectivity index (χ1n) is 5.53. The van der Waals surface area contributed by atoms with Crippen LogP contribution in [0.3, 0.4) is 0 Å². The number of nitrogens with zero attached hydrogens (tertiary/aromatic N) is 2. The van der Waals surface area contributed by atoms with E-state index >= 15 is 0 Å². The Morgan fingerprint density at radius 2 is 2.19 bits per heavy atom. The standard InChI is InChI=1S/C12H19N3O/c1-15(2)11-5-4-10(7-14-11)6-12(16-3)8-13-9-12/h4-5,7,13H,6,8-9H2,1-3H3. The molecule has 16 heavy (non-hydrogen) atoms. The Kier molecular flexibility index (Phi) is 3.12. The van der Waals surface area contributed by atoms with Gasteiger partial charge in [0.15, 0.2) is 0 Å². The normalized spacial score (nSPS) is 17.9. The zero-order chi connectivity index (χ0) is 11.6. The van der Waals surface area contributed by atoms with E-state index in [0.29, 0.717) is 0 Å². The first-order valence-corrected chi connectivity index (χ1v) is 5.53. The number of hydrogen-bond acceptors (Lipinski definition) is 4. The van der Waals surface area contributed by atoms with Crippen LogP contribution in [-0.2, 0) is 11.2 Å². The smallest absolute Gasteiger partial charge is 0.127 e.